The van der Waals surface area contributed by atoms with Crippen LogP contribution in [0.2, 0.25) is 0 Å². The van der Waals surface area contributed by atoms with E-state index in [2.05, 4.69) is 19.9 Å². The van der Waals surface area contributed by atoms with Crippen molar-refractivity contribution in [2.75, 3.05) is 6.61 Å². The number of nitrogens with zero attached hydrogens (tertiary/aromatic N) is 3. The number of imidazole rings is 1. The smallest absolute Gasteiger partial charge is 0.308 e. The fraction of sp³-hybridized carbons (Fsp3) is 0.333. The number of hydrogen-bond donors (Lipinski definition) is 3. The van der Waals surface area contributed by atoms with Crippen LogP contribution in [-0.4, -0.2) is 42.7 Å². The molecule has 0 amide bonds. The zero-order chi connectivity index (χ0) is 12.0. The first-order valence-electron chi connectivity index (χ1n) is 4.58. The van der Waals surface area contributed by atoms with Crippen LogP contribution in [-0.2, 0) is 4.79 Å². The molecule has 2 aromatic rings. The van der Waals surface area contributed by atoms with Crippen molar-refractivity contribution < 1.29 is 15.0 Å². The molecule has 2 heterocycles. The molecule has 1 unspecified atom stereocenters. The molecule has 7 nitrogen and oxygen atoms in total. The van der Waals surface area contributed by atoms with Crippen molar-refractivity contribution in [3.63, 3.8) is 0 Å². The second-order valence-electron chi connectivity index (χ2n) is 3.08. The largest absolute Gasteiger partial charge is 0.481 e. The Morgan fingerprint density at radius 3 is 2.81 bits per heavy atom. The second kappa shape index (κ2) is 5.76. The Balaban J connectivity index is 0.000000168. The first kappa shape index (κ1) is 12.1. The van der Waals surface area contributed by atoms with Gasteiger partial charge in [-0.05, 0) is 6.92 Å². The van der Waals surface area contributed by atoms with Crippen LogP contribution in [0.25, 0.3) is 11.2 Å². The summed E-state index contributed by atoms with van der Waals surface area (Å²) in [6.45, 7) is 1.16. The van der Waals surface area contributed by atoms with Gasteiger partial charge in [0.05, 0.1) is 25.0 Å². The summed E-state index contributed by atoms with van der Waals surface area (Å²) in [6, 6.07) is 0. The van der Waals surface area contributed by atoms with Gasteiger partial charge in [-0.15, -0.1) is 0 Å². The molecule has 0 saturated heterocycles. The van der Waals surface area contributed by atoms with E-state index in [1.807, 2.05) is 0 Å². The third-order valence-electron chi connectivity index (χ3n) is 1.79. The molecule has 0 aliphatic carbocycles. The lowest BCUT2D eigenvalue weighted by Crippen LogP contribution is -2.12. The number of aliphatic carboxylic acids is 1. The molecule has 0 saturated carbocycles. The number of nitrogens with one attached hydrogen (secondary N) is 1. The van der Waals surface area contributed by atoms with E-state index in [-0.39, 0.29) is 6.61 Å². The van der Waals surface area contributed by atoms with Gasteiger partial charge in [-0.1, -0.05) is 0 Å². The van der Waals surface area contributed by atoms with Crippen molar-refractivity contribution in [3.8, 4) is 0 Å². The number of aliphatic hydroxyl groups excluding tert-OH is 1. The summed E-state index contributed by atoms with van der Waals surface area (Å²) in [7, 11) is 0. The van der Waals surface area contributed by atoms with Crippen LogP contribution < -0.4 is 0 Å². The number of rotatable bonds is 2. The van der Waals surface area contributed by atoms with Crippen molar-refractivity contribution >= 4 is 17.1 Å². The lowest BCUT2D eigenvalue weighted by atomic mass is 10.2. The minimum atomic E-state index is -0.956. The summed E-state index contributed by atoms with van der Waals surface area (Å²) >= 11 is 0. The number of aromatic amines is 1. The Labute approximate surface area is 91.2 Å². The average Bonchev–Trinajstić information content (AvgIpc) is 2.76. The maximum Gasteiger partial charge on any atom is 0.308 e. The number of hydrogen-bond acceptors (Lipinski definition) is 5. The predicted octanol–water partition coefficient (Wildman–Crippen LogP) is 0.0523. The Hall–Kier alpha value is -2.02. The third-order valence-corrected chi connectivity index (χ3v) is 1.79. The van der Waals surface area contributed by atoms with Crippen LogP contribution in [0.15, 0.2) is 18.9 Å². The molecule has 86 valence electrons. The number of H-pyrrole nitrogens is 1. The molecule has 1 atom stereocenters. The van der Waals surface area contributed by atoms with Crippen molar-refractivity contribution in [3.05, 3.63) is 18.9 Å². The molecule has 7 heteroatoms. The van der Waals surface area contributed by atoms with Crippen LogP contribution >= 0.6 is 0 Å². The predicted molar refractivity (Wildman–Crippen MR) is 55.6 cm³/mol. The average molecular weight is 224 g/mol. The first-order chi connectivity index (χ1) is 7.65. The molecule has 0 bridgehead atoms. The molecule has 16 heavy (non-hydrogen) atoms. The van der Waals surface area contributed by atoms with E-state index in [0.29, 0.717) is 5.65 Å². The van der Waals surface area contributed by atoms with Gasteiger partial charge in [-0.3, -0.25) is 4.79 Å². The van der Waals surface area contributed by atoms with Gasteiger partial charge in [0.2, 0.25) is 0 Å². The molecule has 0 fully saturated rings. The van der Waals surface area contributed by atoms with Gasteiger partial charge in [0.15, 0.2) is 5.65 Å². The van der Waals surface area contributed by atoms with Crippen LogP contribution in [0.4, 0.5) is 0 Å². The molecule has 0 aliphatic rings. The summed E-state index contributed by atoms with van der Waals surface area (Å²) in [6.07, 6.45) is 4.76. The first-order valence-corrected chi connectivity index (χ1v) is 4.58. The normalized spacial score (nSPS) is 11.6. The van der Waals surface area contributed by atoms with Crippen molar-refractivity contribution in [2.24, 2.45) is 5.92 Å². The highest BCUT2D eigenvalue weighted by Gasteiger charge is 2.06. The summed E-state index contributed by atoms with van der Waals surface area (Å²) in [5, 5.41) is 16.1. The van der Waals surface area contributed by atoms with Gasteiger partial charge >= 0.3 is 5.97 Å². The molecule has 0 radical (unpaired) electrons. The Morgan fingerprint density at radius 2 is 2.31 bits per heavy atom. The minimum Gasteiger partial charge on any atom is -0.481 e. The van der Waals surface area contributed by atoms with Crippen LogP contribution in [0.5, 0.6) is 0 Å². The van der Waals surface area contributed by atoms with E-state index >= 15 is 0 Å². The molecular formula is C9H12N4O3. The van der Waals surface area contributed by atoms with Crippen molar-refractivity contribution in [1.82, 2.24) is 19.9 Å². The van der Waals surface area contributed by atoms with Crippen LogP contribution in [0, 0.1) is 5.92 Å². The quantitative estimate of drug-likeness (QED) is 0.664. The monoisotopic (exact) mass is 224 g/mol. The number of aromatic nitrogens is 4. The minimum absolute atomic E-state index is 0.282. The zero-order valence-corrected chi connectivity index (χ0v) is 8.66. The Bertz CT molecular complexity index is 426. The maximum absolute atomic E-state index is 9.77. The van der Waals surface area contributed by atoms with Gasteiger partial charge in [-0.25, -0.2) is 15.0 Å². The number of fused-ring (bicyclic) bond motifs is 1. The number of carboxylic acid groups (broad SMARTS) is 1. The highest BCUT2D eigenvalue weighted by atomic mass is 16.4. The highest BCUT2D eigenvalue weighted by Crippen LogP contribution is 1.99. The second-order valence-corrected chi connectivity index (χ2v) is 3.08. The summed E-state index contributed by atoms with van der Waals surface area (Å²) in [5.41, 5.74) is 1.59. The van der Waals surface area contributed by atoms with E-state index in [1.165, 1.54) is 13.3 Å². The van der Waals surface area contributed by atoms with Crippen LogP contribution in [0.3, 0.4) is 0 Å². The summed E-state index contributed by atoms with van der Waals surface area (Å²) in [4.78, 5) is 24.3. The Morgan fingerprint density at radius 1 is 1.56 bits per heavy atom. The fourth-order valence-corrected chi connectivity index (χ4v) is 0.769. The van der Waals surface area contributed by atoms with Crippen molar-refractivity contribution in [2.45, 2.75) is 6.92 Å². The van der Waals surface area contributed by atoms with E-state index in [9.17, 15) is 4.79 Å². The van der Waals surface area contributed by atoms with Gasteiger partial charge in [-0.2, -0.15) is 0 Å². The molecule has 0 aromatic carbocycles. The molecule has 2 rings (SSSR count). The third kappa shape index (κ3) is 3.28. The Kier molecular flexibility index (Phi) is 4.34. The molecule has 2 aromatic heterocycles. The molecule has 0 spiro atoms. The standard InChI is InChI=1S/C5H4N4.C4H8O3/c1-4-5(8-2-6-1)9-3-7-4;1-3(2-5)4(6)7/h1-3H,(H,6,7,8,9);3,5H,2H2,1H3,(H,6,7). The molecule has 3 N–H and O–H groups in total. The van der Waals surface area contributed by atoms with E-state index in [1.54, 1.807) is 12.5 Å². The summed E-state index contributed by atoms with van der Waals surface area (Å²) < 4.78 is 0. The van der Waals surface area contributed by atoms with Gasteiger partial charge in [0.1, 0.15) is 11.8 Å². The van der Waals surface area contributed by atoms with Crippen LogP contribution in [0.1, 0.15) is 6.92 Å². The van der Waals surface area contributed by atoms with Crippen molar-refractivity contribution in [1.29, 1.82) is 0 Å². The van der Waals surface area contributed by atoms with Gasteiger partial charge in [0, 0.05) is 0 Å². The van der Waals surface area contributed by atoms with E-state index in [4.69, 9.17) is 10.2 Å². The summed E-state index contributed by atoms with van der Waals surface area (Å²) in [5.74, 6) is -1.58. The van der Waals surface area contributed by atoms with Gasteiger partial charge in [0.25, 0.3) is 0 Å². The fourth-order valence-electron chi connectivity index (χ4n) is 0.769. The molecule has 0 aliphatic heterocycles. The highest BCUT2D eigenvalue weighted by molar-refractivity contribution is 5.69. The number of carbonyl (C=O) groups is 1. The lowest BCUT2D eigenvalue weighted by Gasteiger charge is -1.95. The number of carboxylic acids is 1. The van der Waals surface area contributed by atoms with E-state index < -0.39 is 11.9 Å². The van der Waals surface area contributed by atoms with E-state index in [0.717, 1.165) is 5.52 Å². The zero-order valence-electron chi connectivity index (χ0n) is 8.66. The lowest BCUT2D eigenvalue weighted by molar-refractivity contribution is -0.142. The SMILES string of the molecule is CC(CO)C(=O)O.c1ncc2[nH]cnc2n1. The number of aliphatic hydroxyl groups is 1. The maximum atomic E-state index is 9.77. The van der Waals surface area contributed by atoms with Gasteiger partial charge < -0.3 is 15.2 Å². The molecular weight excluding hydrogens is 212 g/mol. The topological polar surface area (TPSA) is 112 Å².